The van der Waals surface area contributed by atoms with Crippen LogP contribution in [0.5, 0.6) is 0 Å². The Morgan fingerprint density at radius 3 is 2.57 bits per heavy atom. The molecule has 3 nitrogen and oxygen atoms in total. The average molecular weight is 315 g/mol. The van der Waals surface area contributed by atoms with E-state index >= 15 is 0 Å². The summed E-state index contributed by atoms with van der Waals surface area (Å²) in [7, 11) is 1.36. The second kappa shape index (κ2) is 5.73. The fourth-order valence-electron chi connectivity index (χ4n) is 1.74. The van der Waals surface area contributed by atoms with Crippen LogP contribution in [0, 0.1) is 0 Å². The van der Waals surface area contributed by atoms with Crippen molar-refractivity contribution < 1.29 is 18.0 Å². The normalized spacial score (nSPS) is 11.3. The molecule has 0 saturated heterocycles. The minimum absolute atomic E-state index is 0.0136. The molecule has 0 radical (unpaired) electrons. The lowest BCUT2D eigenvalue weighted by molar-refractivity contribution is -0.137. The summed E-state index contributed by atoms with van der Waals surface area (Å²) in [5.74, 6) is -0.496. The Hall–Kier alpha value is -2.08. The van der Waals surface area contributed by atoms with Gasteiger partial charge in [0.25, 0.3) is 5.91 Å². The number of aromatic nitrogens is 1. The first kappa shape index (κ1) is 15.3. The second-order valence-corrected chi connectivity index (χ2v) is 4.68. The van der Waals surface area contributed by atoms with Gasteiger partial charge in [-0.05, 0) is 30.3 Å². The summed E-state index contributed by atoms with van der Waals surface area (Å²) >= 11 is 5.90. The van der Waals surface area contributed by atoms with Gasteiger partial charge in [-0.25, -0.2) is 0 Å². The lowest BCUT2D eigenvalue weighted by Gasteiger charge is -2.20. The lowest BCUT2D eigenvalue weighted by Crippen LogP contribution is -2.27. The summed E-state index contributed by atoms with van der Waals surface area (Å²) in [5.41, 5.74) is -0.624. The predicted molar refractivity (Wildman–Crippen MR) is 73.4 cm³/mol. The van der Waals surface area contributed by atoms with Gasteiger partial charge in [0.15, 0.2) is 0 Å². The van der Waals surface area contributed by atoms with E-state index in [4.69, 9.17) is 11.6 Å². The number of halogens is 4. The molecule has 0 spiro atoms. The predicted octanol–water partition coefficient (Wildman–Crippen LogP) is 4.03. The molecule has 1 heterocycles. The minimum atomic E-state index is -4.50. The van der Waals surface area contributed by atoms with Crippen molar-refractivity contribution in [2.24, 2.45) is 0 Å². The third-order valence-electron chi connectivity index (χ3n) is 2.85. The fourth-order valence-corrected chi connectivity index (χ4v) is 1.98. The largest absolute Gasteiger partial charge is 0.416 e. The van der Waals surface area contributed by atoms with Gasteiger partial charge < -0.3 is 4.90 Å². The van der Waals surface area contributed by atoms with Crippen LogP contribution in [-0.2, 0) is 6.18 Å². The van der Waals surface area contributed by atoms with E-state index in [1.54, 1.807) is 6.07 Å². The van der Waals surface area contributed by atoms with Gasteiger partial charge in [0.2, 0.25) is 0 Å². The highest BCUT2D eigenvalue weighted by Gasteiger charge is 2.31. The maximum atomic E-state index is 12.7. The molecule has 21 heavy (non-hydrogen) atoms. The molecule has 0 aliphatic carbocycles. The zero-order valence-corrected chi connectivity index (χ0v) is 11.6. The van der Waals surface area contributed by atoms with E-state index < -0.39 is 17.6 Å². The number of alkyl halides is 3. The topological polar surface area (TPSA) is 33.2 Å². The van der Waals surface area contributed by atoms with Crippen molar-refractivity contribution in [1.29, 1.82) is 0 Å². The summed E-state index contributed by atoms with van der Waals surface area (Å²) in [6, 6.07) is 5.92. The molecule has 2 aromatic rings. The molecule has 1 aromatic carbocycles. The highest BCUT2D eigenvalue weighted by molar-refractivity contribution is 6.34. The number of nitrogens with zero attached hydrogens (tertiary/aromatic N) is 2. The van der Waals surface area contributed by atoms with Crippen molar-refractivity contribution in [3.8, 4) is 0 Å². The van der Waals surface area contributed by atoms with Crippen molar-refractivity contribution >= 4 is 23.2 Å². The molecular weight excluding hydrogens is 305 g/mol. The number of carbonyl (C=O) groups is 1. The highest BCUT2D eigenvalue weighted by Crippen LogP contribution is 2.35. The van der Waals surface area contributed by atoms with Gasteiger partial charge in [0, 0.05) is 19.4 Å². The summed E-state index contributed by atoms with van der Waals surface area (Å²) in [6.45, 7) is 0. The van der Waals surface area contributed by atoms with Crippen LogP contribution >= 0.6 is 11.6 Å². The van der Waals surface area contributed by atoms with Gasteiger partial charge >= 0.3 is 6.18 Å². The first-order valence-electron chi connectivity index (χ1n) is 5.85. The Labute approximate surface area is 124 Å². The van der Waals surface area contributed by atoms with Crippen LogP contribution in [0.3, 0.4) is 0 Å². The molecule has 0 aliphatic heterocycles. The number of hydrogen-bond acceptors (Lipinski definition) is 2. The molecular formula is C14H10ClF3N2O. The van der Waals surface area contributed by atoms with E-state index in [2.05, 4.69) is 4.98 Å². The Morgan fingerprint density at radius 2 is 2.00 bits per heavy atom. The van der Waals surface area contributed by atoms with Crippen LogP contribution < -0.4 is 4.90 Å². The summed E-state index contributed by atoms with van der Waals surface area (Å²) in [6.07, 6.45) is -1.67. The van der Waals surface area contributed by atoms with Crippen LogP contribution in [0.1, 0.15) is 15.9 Å². The molecule has 1 aromatic heterocycles. The zero-order chi connectivity index (χ0) is 15.6. The minimum Gasteiger partial charge on any atom is -0.310 e. The molecule has 0 unspecified atom stereocenters. The summed E-state index contributed by atoms with van der Waals surface area (Å²) in [5, 5.41) is 0.0581. The van der Waals surface area contributed by atoms with Gasteiger partial charge in [0.1, 0.15) is 0 Å². The van der Waals surface area contributed by atoms with Gasteiger partial charge in [-0.2, -0.15) is 13.2 Å². The van der Waals surface area contributed by atoms with Crippen LogP contribution in [0.25, 0.3) is 0 Å². The molecule has 7 heteroatoms. The Balaban J connectivity index is 2.39. The van der Waals surface area contributed by atoms with Gasteiger partial charge in [-0.3, -0.25) is 9.78 Å². The van der Waals surface area contributed by atoms with E-state index in [1.807, 2.05) is 0 Å². The van der Waals surface area contributed by atoms with E-state index in [0.29, 0.717) is 0 Å². The molecule has 1 amide bonds. The molecule has 0 N–H and O–H groups in total. The third kappa shape index (κ3) is 3.33. The monoisotopic (exact) mass is 314 g/mol. The SMILES string of the molecule is CN(C(=O)c1cccnc1)c1cc(C(F)(F)F)ccc1Cl. The van der Waals surface area contributed by atoms with Gasteiger partial charge in [0.05, 0.1) is 21.8 Å². The molecule has 0 saturated carbocycles. The average Bonchev–Trinajstić information content (AvgIpc) is 2.46. The second-order valence-electron chi connectivity index (χ2n) is 4.27. The molecule has 0 aliphatic rings. The standard InChI is InChI=1S/C14H10ClF3N2O/c1-20(13(21)9-3-2-6-19-8-9)12-7-10(14(16,17)18)4-5-11(12)15/h2-8H,1H3. The van der Waals surface area contributed by atoms with Crippen LogP contribution in [0.2, 0.25) is 5.02 Å². The fraction of sp³-hybridized carbons (Fsp3) is 0.143. The number of rotatable bonds is 2. The van der Waals surface area contributed by atoms with E-state index in [9.17, 15) is 18.0 Å². The van der Waals surface area contributed by atoms with Crippen LogP contribution in [0.15, 0.2) is 42.7 Å². The van der Waals surface area contributed by atoms with E-state index in [-0.39, 0.29) is 16.3 Å². The first-order chi connectivity index (χ1) is 9.80. The molecule has 0 atom stereocenters. The Kier molecular flexibility index (Phi) is 4.18. The number of pyridine rings is 1. The zero-order valence-electron chi connectivity index (χ0n) is 10.9. The highest BCUT2D eigenvalue weighted by atomic mass is 35.5. The maximum Gasteiger partial charge on any atom is 0.416 e. The van der Waals surface area contributed by atoms with Gasteiger partial charge in [-0.1, -0.05) is 11.6 Å². The maximum absolute atomic E-state index is 12.7. The summed E-state index contributed by atoms with van der Waals surface area (Å²) in [4.78, 5) is 17.1. The van der Waals surface area contributed by atoms with Crippen molar-refractivity contribution in [3.05, 3.63) is 58.9 Å². The van der Waals surface area contributed by atoms with Gasteiger partial charge in [-0.15, -0.1) is 0 Å². The molecule has 2 rings (SSSR count). The van der Waals surface area contributed by atoms with E-state index in [1.165, 1.54) is 25.5 Å². The molecule has 0 bridgehead atoms. The Morgan fingerprint density at radius 1 is 1.29 bits per heavy atom. The third-order valence-corrected chi connectivity index (χ3v) is 3.17. The number of amides is 1. The number of benzene rings is 1. The summed E-state index contributed by atoms with van der Waals surface area (Å²) < 4.78 is 38.2. The Bertz CT molecular complexity index is 659. The van der Waals surface area contributed by atoms with Crippen LogP contribution in [0.4, 0.5) is 18.9 Å². The first-order valence-corrected chi connectivity index (χ1v) is 6.23. The van der Waals surface area contributed by atoms with Crippen LogP contribution in [-0.4, -0.2) is 17.9 Å². The molecule has 110 valence electrons. The number of anilines is 1. The number of hydrogen-bond donors (Lipinski definition) is 0. The quantitative estimate of drug-likeness (QED) is 0.838. The van der Waals surface area contributed by atoms with Crippen molar-refractivity contribution in [2.75, 3.05) is 11.9 Å². The van der Waals surface area contributed by atoms with Crippen molar-refractivity contribution in [1.82, 2.24) is 4.98 Å². The van der Waals surface area contributed by atoms with E-state index in [0.717, 1.165) is 23.1 Å². The molecule has 0 fully saturated rings. The lowest BCUT2D eigenvalue weighted by atomic mass is 10.1. The van der Waals surface area contributed by atoms with Crippen molar-refractivity contribution in [3.63, 3.8) is 0 Å². The smallest absolute Gasteiger partial charge is 0.310 e. The van der Waals surface area contributed by atoms with Crippen molar-refractivity contribution in [2.45, 2.75) is 6.18 Å². The number of carbonyl (C=O) groups excluding carboxylic acids is 1.